The van der Waals surface area contributed by atoms with Crippen LogP contribution in [0.4, 0.5) is 0 Å². The number of hydrogen-bond acceptors (Lipinski definition) is 6. The van der Waals surface area contributed by atoms with E-state index < -0.39 is 17.7 Å². The number of rotatable bonds is 6. The Labute approximate surface area is 168 Å². The van der Waals surface area contributed by atoms with E-state index in [0.29, 0.717) is 22.6 Å². The van der Waals surface area contributed by atoms with Gasteiger partial charge in [-0.1, -0.05) is 35.9 Å². The molecule has 29 heavy (non-hydrogen) atoms. The zero-order valence-corrected chi connectivity index (χ0v) is 16.5. The van der Waals surface area contributed by atoms with Crippen molar-refractivity contribution in [3.8, 4) is 11.5 Å². The molecular formula is C22H23NO6. The van der Waals surface area contributed by atoms with Gasteiger partial charge in [-0.3, -0.25) is 9.59 Å². The summed E-state index contributed by atoms with van der Waals surface area (Å²) in [6, 6.07) is 11.2. The standard InChI is InChI=1S/C22H23NO6/c1-13-4-6-14(7-5-13)20(25)18-19(23(10-11-24)22(27)21(18)26)15-8-9-16(28-2)17(12-15)29-3/h4-9,12,19,24-25H,10-11H2,1-3H3/b20-18-. The van der Waals surface area contributed by atoms with E-state index in [2.05, 4.69) is 0 Å². The number of aliphatic hydroxyl groups is 2. The lowest BCUT2D eigenvalue weighted by molar-refractivity contribution is -0.140. The van der Waals surface area contributed by atoms with Crippen LogP contribution in [-0.4, -0.2) is 54.2 Å². The van der Waals surface area contributed by atoms with Crippen LogP contribution < -0.4 is 9.47 Å². The molecule has 1 aliphatic rings. The van der Waals surface area contributed by atoms with Crippen molar-refractivity contribution in [2.45, 2.75) is 13.0 Å². The van der Waals surface area contributed by atoms with E-state index in [1.807, 2.05) is 19.1 Å². The van der Waals surface area contributed by atoms with E-state index in [9.17, 15) is 19.8 Å². The van der Waals surface area contributed by atoms with E-state index in [1.54, 1.807) is 30.3 Å². The van der Waals surface area contributed by atoms with Gasteiger partial charge < -0.3 is 24.6 Å². The third-order valence-electron chi connectivity index (χ3n) is 4.93. The third kappa shape index (κ3) is 3.69. The molecule has 0 aromatic heterocycles. The molecule has 1 aliphatic heterocycles. The van der Waals surface area contributed by atoms with Crippen LogP contribution in [0.5, 0.6) is 11.5 Å². The van der Waals surface area contributed by atoms with Gasteiger partial charge in [-0.2, -0.15) is 0 Å². The Morgan fingerprint density at radius 3 is 2.28 bits per heavy atom. The molecule has 1 saturated heterocycles. The molecule has 2 aromatic carbocycles. The molecule has 0 spiro atoms. The Morgan fingerprint density at radius 2 is 1.69 bits per heavy atom. The number of likely N-dealkylation sites (tertiary alicyclic amines) is 1. The quantitative estimate of drug-likeness (QED) is 0.442. The Bertz CT molecular complexity index is 964. The van der Waals surface area contributed by atoms with Crippen LogP contribution in [0.15, 0.2) is 48.0 Å². The number of nitrogens with zero attached hydrogens (tertiary/aromatic N) is 1. The predicted molar refractivity (Wildman–Crippen MR) is 107 cm³/mol. The number of hydrogen-bond donors (Lipinski definition) is 2. The smallest absolute Gasteiger partial charge is 0.295 e. The van der Waals surface area contributed by atoms with Crippen LogP contribution in [0, 0.1) is 6.92 Å². The zero-order chi connectivity index (χ0) is 21.1. The maximum absolute atomic E-state index is 12.8. The van der Waals surface area contributed by atoms with Gasteiger partial charge >= 0.3 is 0 Å². The first-order chi connectivity index (χ1) is 13.9. The lowest BCUT2D eigenvalue weighted by atomic mass is 9.94. The van der Waals surface area contributed by atoms with Crippen LogP contribution in [0.2, 0.25) is 0 Å². The highest BCUT2D eigenvalue weighted by Gasteiger charge is 2.46. The van der Waals surface area contributed by atoms with E-state index in [-0.39, 0.29) is 24.5 Å². The fourth-order valence-electron chi connectivity index (χ4n) is 3.45. The first-order valence-electron chi connectivity index (χ1n) is 9.11. The highest BCUT2D eigenvalue weighted by molar-refractivity contribution is 6.46. The van der Waals surface area contributed by atoms with Gasteiger partial charge in [0, 0.05) is 12.1 Å². The predicted octanol–water partition coefficient (Wildman–Crippen LogP) is 2.43. The van der Waals surface area contributed by atoms with Crippen molar-refractivity contribution in [3.63, 3.8) is 0 Å². The largest absolute Gasteiger partial charge is 0.507 e. The summed E-state index contributed by atoms with van der Waals surface area (Å²) in [5.74, 6) is -0.906. The molecule has 1 unspecified atom stereocenters. The topological polar surface area (TPSA) is 96.3 Å². The first-order valence-corrected chi connectivity index (χ1v) is 9.11. The molecule has 0 saturated carbocycles. The van der Waals surface area contributed by atoms with Gasteiger partial charge in [-0.15, -0.1) is 0 Å². The van der Waals surface area contributed by atoms with Gasteiger partial charge in [0.1, 0.15) is 5.76 Å². The lowest BCUT2D eigenvalue weighted by Gasteiger charge is -2.25. The Balaban J connectivity index is 2.20. The normalized spacial score (nSPS) is 18.2. The Morgan fingerprint density at radius 1 is 1.03 bits per heavy atom. The summed E-state index contributed by atoms with van der Waals surface area (Å²) < 4.78 is 10.6. The van der Waals surface area contributed by atoms with Gasteiger partial charge in [0.05, 0.1) is 32.4 Å². The second kappa shape index (κ2) is 8.36. The van der Waals surface area contributed by atoms with Gasteiger partial charge in [-0.25, -0.2) is 0 Å². The average Bonchev–Trinajstić information content (AvgIpc) is 2.98. The number of methoxy groups -OCH3 is 2. The molecular weight excluding hydrogens is 374 g/mol. The SMILES string of the molecule is COc1ccc(C2/C(=C(/O)c3ccc(C)cc3)C(=O)C(=O)N2CCO)cc1OC. The molecule has 2 N–H and O–H groups in total. The molecule has 0 bridgehead atoms. The minimum Gasteiger partial charge on any atom is -0.507 e. The first kappa shape index (κ1) is 20.4. The summed E-state index contributed by atoms with van der Waals surface area (Å²) in [4.78, 5) is 26.7. The maximum atomic E-state index is 12.8. The number of aliphatic hydroxyl groups excluding tert-OH is 2. The Hall–Kier alpha value is -3.32. The molecule has 7 heteroatoms. The molecule has 1 amide bonds. The van der Waals surface area contributed by atoms with Crippen LogP contribution >= 0.6 is 0 Å². The van der Waals surface area contributed by atoms with Gasteiger partial charge in [-0.05, 0) is 24.6 Å². The zero-order valence-electron chi connectivity index (χ0n) is 16.5. The molecule has 152 valence electrons. The van der Waals surface area contributed by atoms with E-state index >= 15 is 0 Å². The van der Waals surface area contributed by atoms with Crippen molar-refractivity contribution in [2.75, 3.05) is 27.4 Å². The van der Waals surface area contributed by atoms with Gasteiger partial charge in [0.25, 0.3) is 11.7 Å². The molecule has 2 aromatic rings. The van der Waals surface area contributed by atoms with Crippen LogP contribution in [0.1, 0.15) is 22.7 Å². The minimum atomic E-state index is -0.858. The summed E-state index contributed by atoms with van der Waals surface area (Å²) >= 11 is 0. The second-order valence-electron chi connectivity index (χ2n) is 6.70. The highest BCUT2D eigenvalue weighted by atomic mass is 16.5. The van der Waals surface area contributed by atoms with Crippen molar-refractivity contribution in [2.24, 2.45) is 0 Å². The Kier molecular flexibility index (Phi) is 5.89. The van der Waals surface area contributed by atoms with E-state index in [1.165, 1.54) is 19.1 Å². The lowest BCUT2D eigenvalue weighted by Crippen LogP contribution is -2.32. The molecule has 1 atom stereocenters. The van der Waals surface area contributed by atoms with Crippen LogP contribution in [0.25, 0.3) is 5.76 Å². The third-order valence-corrected chi connectivity index (χ3v) is 4.93. The molecule has 3 rings (SSSR count). The number of aryl methyl sites for hydroxylation is 1. The maximum Gasteiger partial charge on any atom is 0.295 e. The summed E-state index contributed by atoms with van der Waals surface area (Å²) in [5.41, 5.74) is 1.96. The van der Waals surface area contributed by atoms with Crippen molar-refractivity contribution < 1.29 is 29.3 Å². The summed E-state index contributed by atoms with van der Waals surface area (Å²) in [5, 5.41) is 20.3. The molecule has 1 fully saturated rings. The number of ether oxygens (including phenoxy) is 2. The molecule has 1 heterocycles. The van der Waals surface area contributed by atoms with Gasteiger partial charge in [0.2, 0.25) is 0 Å². The monoisotopic (exact) mass is 397 g/mol. The minimum absolute atomic E-state index is 0.0282. The fraction of sp³-hybridized carbons (Fsp3) is 0.273. The van der Waals surface area contributed by atoms with Crippen molar-refractivity contribution >= 4 is 17.4 Å². The van der Waals surface area contributed by atoms with Crippen molar-refractivity contribution in [1.82, 2.24) is 4.90 Å². The highest BCUT2D eigenvalue weighted by Crippen LogP contribution is 2.41. The number of Topliss-reactive ketones (excluding diaryl/α,β-unsaturated/α-hetero) is 1. The average molecular weight is 397 g/mol. The summed E-state index contributed by atoms with van der Waals surface area (Å²) in [6.45, 7) is 1.54. The summed E-state index contributed by atoms with van der Waals surface area (Å²) in [6.07, 6.45) is 0. The molecule has 7 nitrogen and oxygen atoms in total. The second-order valence-corrected chi connectivity index (χ2v) is 6.70. The molecule has 0 radical (unpaired) electrons. The van der Waals surface area contributed by atoms with E-state index in [0.717, 1.165) is 5.56 Å². The van der Waals surface area contributed by atoms with Gasteiger partial charge in [0.15, 0.2) is 11.5 Å². The van der Waals surface area contributed by atoms with E-state index in [4.69, 9.17) is 9.47 Å². The molecule has 0 aliphatic carbocycles. The number of ketones is 1. The fourth-order valence-corrected chi connectivity index (χ4v) is 3.45. The number of carbonyl (C=O) groups is 2. The van der Waals surface area contributed by atoms with Crippen molar-refractivity contribution in [3.05, 3.63) is 64.7 Å². The number of benzene rings is 2. The number of carbonyl (C=O) groups excluding carboxylic acids is 2. The van der Waals surface area contributed by atoms with Crippen LogP contribution in [-0.2, 0) is 9.59 Å². The number of amides is 1. The van der Waals surface area contributed by atoms with Crippen LogP contribution in [0.3, 0.4) is 0 Å². The number of β-amino-alcohol motifs (C(OH)–C–C–N with tert-alkyl or cyclic N) is 1. The van der Waals surface area contributed by atoms with Crippen molar-refractivity contribution in [1.29, 1.82) is 0 Å². The summed E-state index contributed by atoms with van der Waals surface area (Å²) in [7, 11) is 2.99.